The number of hydrogen-bond donors (Lipinski definition) is 1. The zero-order valence-corrected chi connectivity index (χ0v) is 13.2. The fourth-order valence-electron chi connectivity index (χ4n) is 2.94. The second-order valence-corrected chi connectivity index (χ2v) is 5.96. The summed E-state index contributed by atoms with van der Waals surface area (Å²) in [5, 5.41) is 8.84. The normalized spacial score (nSPS) is 15.6. The Morgan fingerprint density at radius 3 is 2.70 bits per heavy atom. The molecule has 1 aromatic carbocycles. The number of aryl methyl sites for hydroxylation is 1. The first kappa shape index (κ1) is 14.0. The summed E-state index contributed by atoms with van der Waals surface area (Å²) in [6.45, 7) is 0. The van der Waals surface area contributed by atoms with E-state index in [1.54, 1.807) is 18.1 Å². The summed E-state index contributed by atoms with van der Waals surface area (Å²) < 4.78 is 7.02. The molecule has 118 valence electrons. The van der Waals surface area contributed by atoms with Crippen LogP contribution in [0.4, 0.5) is 5.82 Å². The summed E-state index contributed by atoms with van der Waals surface area (Å²) >= 11 is 0. The average molecular weight is 309 g/mol. The number of aromatic nitrogens is 4. The van der Waals surface area contributed by atoms with Gasteiger partial charge in [0, 0.05) is 7.05 Å². The van der Waals surface area contributed by atoms with Gasteiger partial charge in [0.25, 0.3) is 0 Å². The van der Waals surface area contributed by atoms with Crippen LogP contribution in [0.2, 0.25) is 0 Å². The van der Waals surface area contributed by atoms with E-state index < -0.39 is 0 Å². The van der Waals surface area contributed by atoms with Crippen LogP contribution in [0, 0.1) is 5.92 Å². The van der Waals surface area contributed by atoms with Crippen molar-refractivity contribution in [3.8, 4) is 5.75 Å². The predicted octanol–water partition coefficient (Wildman–Crippen LogP) is 2.94. The van der Waals surface area contributed by atoms with Crippen molar-refractivity contribution in [2.75, 3.05) is 12.4 Å². The molecule has 0 bridgehead atoms. The van der Waals surface area contributed by atoms with Crippen molar-refractivity contribution in [1.82, 2.24) is 19.7 Å². The standard InChI is InChI=1S/C17H19N5O/c1-22-17-14(9-20-22)16(18-10-19-17)21-15(11-3-4-11)12-5-7-13(23-2)8-6-12/h5-11,15H,3-4H2,1-2H3,(H,18,19,21). The quantitative estimate of drug-likeness (QED) is 0.785. The molecule has 1 fully saturated rings. The Kier molecular flexibility index (Phi) is 3.37. The van der Waals surface area contributed by atoms with Gasteiger partial charge in [0.2, 0.25) is 0 Å². The summed E-state index contributed by atoms with van der Waals surface area (Å²) in [5.41, 5.74) is 2.09. The molecule has 1 saturated carbocycles. The van der Waals surface area contributed by atoms with Crippen LogP contribution in [0.15, 0.2) is 36.8 Å². The van der Waals surface area contributed by atoms with E-state index in [-0.39, 0.29) is 6.04 Å². The van der Waals surface area contributed by atoms with Crippen LogP contribution in [0.3, 0.4) is 0 Å². The number of rotatable bonds is 5. The molecule has 23 heavy (non-hydrogen) atoms. The van der Waals surface area contributed by atoms with Gasteiger partial charge in [-0.25, -0.2) is 9.97 Å². The number of ether oxygens (including phenoxy) is 1. The fourth-order valence-corrected chi connectivity index (χ4v) is 2.94. The van der Waals surface area contributed by atoms with Gasteiger partial charge in [0.05, 0.1) is 24.7 Å². The molecule has 6 heteroatoms. The van der Waals surface area contributed by atoms with Gasteiger partial charge in [-0.2, -0.15) is 5.10 Å². The molecule has 1 unspecified atom stereocenters. The van der Waals surface area contributed by atoms with Crippen molar-refractivity contribution < 1.29 is 4.74 Å². The van der Waals surface area contributed by atoms with Crippen LogP contribution >= 0.6 is 0 Å². The highest BCUT2D eigenvalue weighted by atomic mass is 16.5. The van der Waals surface area contributed by atoms with Crippen molar-refractivity contribution >= 4 is 16.9 Å². The molecule has 2 heterocycles. The van der Waals surface area contributed by atoms with E-state index >= 15 is 0 Å². The third-order valence-electron chi connectivity index (χ3n) is 4.39. The van der Waals surface area contributed by atoms with E-state index in [1.165, 1.54) is 18.4 Å². The van der Waals surface area contributed by atoms with Gasteiger partial charge in [-0.15, -0.1) is 0 Å². The number of nitrogens with one attached hydrogen (secondary N) is 1. The average Bonchev–Trinajstić information content (AvgIpc) is 3.36. The van der Waals surface area contributed by atoms with Crippen molar-refractivity contribution in [2.24, 2.45) is 13.0 Å². The molecule has 0 aliphatic heterocycles. The van der Waals surface area contributed by atoms with Crippen molar-refractivity contribution in [3.63, 3.8) is 0 Å². The van der Waals surface area contributed by atoms with Gasteiger partial charge in [0.1, 0.15) is 17.9 Å². The van der Waals surface area contributed by atoms with E-state index in [0.717, 1.165) is 22.6 Å². The molecule has 0 spiro atoms. The first-order valence-electron chi connectivity index (χ1n) is 7.79. The predicted molar refractivity (Wildman–Crippen MR) is 88.4 cm³/mol. The Bertz CT molecular complexity index is 823. The van der Waals surface area contributed by atoms with Gasteiger partial charge in [-0.1, -0.05) is 12.1 Å². The second kappa shape index (κ2) is 5.53. The van der Waals surface area contributed by atoms with Gasteiger partial charge in [-0.05, 0) is 36.5 Å². The lowest BCUT2D eigenvalue weighted by molar-refractivity contribution is 0.414. The highest BCUT2D eigenvalue weighted by Gasteiger charge is 2.33. The Balaban J connectivity index is 1.67. The monoisotopic (exact) mass is 309 g/mol. The SMILES string of the molecule is COc1ccc(C(Nc2ncnc3c2cnn3C)C2CC2)cc1. The molecule has 3 aromatic rings. The first-order valence-corrected chi connectivity index (χ1v) is 7.79. The molecule has 1 aliphatic carbocycles. The van der Waals surface area contributed by atoms with Crippen LogP contribution in [-0.4, -0.2) is 26.9 Å². The van der Waals surface area contributed by atoms with Crippen molar-refractivity contribution in [2.45, 2.75) is 18.9 Å². The largest absolute Gasteiger partial charge is 0.497 e. The third kappa shape index (κ3) is 2.60. The number of fused-ring (bicyclic) bond motifs is 1. The summed E-state index contributed by atoms with van der Waals surface area (Å²) in [6, 6.07) is 8.50. The van der Waals surface area contributed by atoms with E-state index in [9.17, 15) is 0 Å². The number of anilines is 1. The minimum absolute atomic E-state index is 0.249. The van der Waals surface area contributed by atoms with Crippen molar-refractivity contribution in [3.05, 3.63) is 42.4 Å². The maximum Gasteiger partial charge on any atom is 0.163 e. The molecule has 4 rings (SSSR count). The fraction of sp³-hybridized carbons (Fsp3) is 0.353. The summed E-state index contributed by atoms with van der Waals surface area (Å²) in [7, 11) is 3.58. The molecular formula is C17H19N5O. The number of methoxy groups -OCH3 is 1. The zero-order chi connectivity index (χ0) is 15.8. The van der Waals surface area contributed by atoms with Crippen LogP contribution in [-0.2, 0) is 7.05 Å². The lowest BCUT2D eigenvalue weighted by Crippen LogP contribution is -2.14. The Morgan fingerprint density at radius 2 is 2.00 bits per heavy atom. The van der Waals surface area contributed by atoms with Crippen molar-refractivity contribution in [1.29, 1.82) is 0 Å². The topological polar surface area (TPSA) is 64.9 Å². The van der Waals surface area contributed by atoms with Gasteiger partial charge in [0.15, 0.2) is 5.65 Å². The molecular weight excluding hydrogens is 290 g/mol. The molecule has 0 amide bonds. The van der Waals surface area contributed by atoms with E-state index in [0.29, 0.717) is 5.92 Å². The third-order valence-corrected chi connectivity index (χ3v) is 4.39. The van der Waals surface area contributed by atoms with Crippen LogP contribution < -0.4 is 10.1 Å². The van der Waals surface area contributed by atoms with Crippen LogP contribution in [0.5, 0.6) is 5.75 Å². The minimum atomic E-state index is 0.249. The molecule has 2 aromatic heterocycles. The highest BCUT2D eigenvalue weighted by Crippen LogP contribution is 2.43. The van der Waals surface area contributed by atoms with Crippen LogP contribution in [0.25, 0.3) is 11.0 Å². The van der Waals surface area contributed by atoms with Crippen LogP contribution in [0.1, 0.15) is 24.4 Å². The maximum atomic E-state index is 5.25. The van der Waals surface area contributed by atoms with E-state index in [1.807, 2.05) is 25.4 Å². The molecule has 1 N–H and O–H groups in total. The van der Waals surface area contributed by atoms with E-state index in [4.69, 9.17) is 4.74 Å². The summed E-state index contributed by atoms with van der Waals surface area (Å²) in [5.74, 6) is 2.36. The Labute approximate surface area is 134 Å². The Hall–Kier alpha value is -2.63. The number of benzene rings is 1. The lowest BCUT2D eigenvalue weighted by Gasteiger charge is -2.20. The molecule has 1 aliphatic rings. The zero-order valence-electron chi connectivity index (χ0n) is 13.2. The first-order chi connectivity index (χ1) is 11.3. The second-order valence-electron chi connectivity index (χ2n) is 5.96. The molecule has 0 radical (unpaired) electrons. The van der Waals surface area contributed by atoms with E-state index in [2.05, 4.69) is 32.5 Å². The van der Waals surface area contributed by atoms with Gasteiger partial charge >= 0.3 is 0 Å². The smallest absolute Gasteiger partial charge is 0.163 e. The highest BCUT2D eigenvalue weighted by molar-refractivity contribution is 5.86. The number of nitrogens with zero attached hydrogens (tertiary/aromatic N) is 4. The summed E-state index contributed by atoms with van der Waals surface area (Å²) in [4.78, 5) is 8.73. The number of hydrogen-bond acceptors (Lipinski definition) is 5. The van der Waals surface area contributed by atoms with Gasteiger partial charge in [-0.3, -0.25) is 4.68 Å². The molecule has 1 atom stereocenters. The lowest BCUT2D eigenvalue weighted by atomic mass is 10.0. The Morgan fingerprint density at radius 1 is 1.22 bits per heavy atom. The molecule has 0 saturated heterocycles. The van der Waals surface area contributed by atoms with Gasteiger partial charge < -0.3 is 10.1 Å². The molecule has 6 nitrogen and oxygen atoms in total. The summed E-state index contributed by atoms with van der Waals surface area (Å²) in [6.07, 6.45) is 5.88. The minimum Gasteiger partial charge on any atom is -0.497 e. The maximum absolute atomic E-state index is 5.25.